The summed E-state index contributed by atoms with van der Waals surface area (Å²) in [7, 11) is 1.57. The molecule has 1 N–H and O–H groups in total. The fourth-order valence-corrected chi connectivity index (χ4v) is 4.19. The number of aromatic nitrogens is 2. The van der Waals surface area contributed by atoms with E-state index in [-0.39, 0.29) is 5.89 Å². The molecule has 4 aromatic rings. The van der Waals surface area contributed by atoms with Gasteiger partial charge >= 0.3 is 6.03 Å². The summed E-state index contributed by atoms with van der Waals surface area (Å²) < 4.78 is 25.1. The second kappa shape index (κ2) is 9.23. The van der Waals surface area contributed by atoms with Gasteiger partial charge in [-0.15, -0.1) is 0 Å². The zero-order chi connectivity index (χ0) is 24.5. The summed E-state index contributed by atoms with van der Waals surface area (Å²) in [5.74, 6) is 0.772. The molecule has 0 bridgehead atoms. The lowest BCUT2D eigenvalue weighted by molar-refractivity contribution is 0.244. The Bertz CT molecular complexity index is 1430. The van der Waals surface area contributed by atoms with E-state index < -0.39 is 17.9 Å². The molecule has 1 unspecified atom stereocenters. The predicted molar refractivity (Wildman–Crippen MR) is 130 cm³/mol. The van der Waals surface area contributed by atoms with Crippen LogP contribution >= 0.6 is 11.6 Å². The Morgan fingerprint density at radius 1 is 1.09 bits per heavy atom. The quantitative estimate of drug-likeness (QED) is 0.358. The average Bonchev–Trinajstić information content (AvgIpc) is 3.34. The summed E-state index contributed by atoms with van der Waals surface area (Å²) in [6.07, 6.45) is 0. The van der Waals surface area contributed by atoms with Gasteiger partial charge in [-0.3, -0.25) is 4.90 Å². The number of methoxy groups -OCH3 is 1. The average molecular weight is 491 g/mol. The number of carbonyl (C=O) groups excluding carboxylic acids is 1. The van der Waals surface area contributed by atoms with Crippen molar-refractivity contribution in [2.45, 2.75) is 13.0 Å². The van der Waals surface area contributed by atoms with Gasteiger partial charge in [-0.1, -0.05) is 35.0 Å². The van der Waals surface area contributed by atoms with Crippen LogP contribution in [0.2, 0.25) is 5.02 Å². The number of benzene rings is 3. The molecule has 2 amide bonds. The summed E-state index contributed by atoms with van der Waals surface area (Å²) in [4.78, 5) is 19.2. The maximum absolute atomic E-state index is 14.0. The molecular weight excluding hydrogens is 471 g/mol. The van der Waals surface area contributed by atoms with Crippen molar-refractivity contribution >= 4 is 28.9 Å². The number of allylic oxidation sites excluding steroid dienone is 1. The molecule has 1 aliphatic heterocycles. The number of urea groups is 1. The molecule has 0 fully saturated rings. The van der Waals surface area contributed by atoms with Crippen molar-refractivity contribution < 1.29 is 18.4 Å². The highest BCUT2D eigenvalue weighted by Crippen LogP contribution is 2.39. The van der Waals surface area contributed by atoms with E-state index in [2.05, 4.69) is 15.5 Å². The van der Waals surface area contributed by atoms with Crippen LogP contribution in [-0.2, 0) is 0 Å². The predicted octanol–water partition coefficient (Wildman–Crippen LogP) is 6.24. The van der Waals surface area contributed by atoms with Crippen LogP contribution in [0.15, 0.2) is 83.0 Å². The summed E-state index contributed by atoms with van der Waals surface area (Å²) in [5, 5.41) is 7.73. The van der Waals surface area contributed by atoms with E-state index in [1.165, 1.54) is 17.0 Å². The molecule has 2 heterocycles. The molecule has 176 valence electrons. The second-order valence-electron chi connectivity index (χ2n) is 7.90. The molecule has 0 saturated carbocycles. The van der Waals surface area contributed by atoms with Crippen LogP contribution in [0.3, 0.4) is 0 Å². The molecule has 3 aromatic carbocycles. The van der Waals surface area contributed by atoms with Crippen molar-refractivity contribution in [1.82, 2.24) is 15.5 Å². The number of hydrogen-bond acceptors (Lipinski definition) is 5. The van der Waals surface area contributed by atoms with Crippen LogP contribution in [0, 0.1) is 5.82 Å². The first-order valence-corrected chi connectivity index (χ1v) is 11.1. The van der Waals surface area contributed by atoms with E-state index >= 15 is 0 Å². The van der Waals surface area contributed by atoms with Crippen LogP contribution in [0.25, 0.3) is 17.0 Å². The molecule has 0 aliphatic carbocycles. The number of ether oxygens (including phenoxy) is 1. The Labute approximate surface area is 205 Å². The number of anilines is 1. The van der Waals surface area contributed by atoms with E-state index in [1.54, 1.807) is 50.4 Å². The number of carbonyl (C=O) groups is 1. The second-order valence-corrected chi connectivity index (χ2v) is 8.34. The molecule has 35 heavy (non-hydrogen) atoms. The molecule has 0 saturated heterocycles. The minimum absolute atomic E-state index is 0.224. The number of rotatable bonds is 5. The Hall–Kier alpha value is -4.17. The number of nitrogens with zero attached hydrogens (tertiary/aromatic N) is 3. The molecular formula is C26H20ClFN4O3. The van der Waals surface area contributed by atoms with Crippen molar-refractivity contribution in [2.75, 3.05) is 12.0 Å². The standard InChI is InChI=1S/C26H20ClFN4O3/c1-15-22(25-30-24(31-35-25)16-9-11-18(27)12-10-16)23(17-5-3-8-21(13-17)34-2)29-26(33)32(15)20-7-4-6-19(28)14-20/h3-14,23H,1-2H3,(H,29,33). The smallest absolute Gasteiger partial charge is 0.327 e. The Balaban J connectivity index is 1.66. The Morgan fingerprint density at radius 2 is 1.86 bits per heavy atom. The lowest BCUT2D eigenvalue weighted by Crippen LogP contribution is -2.46. The molecule has 1 atom stereocenters. The third-order valence-corrected chi connectivity index (χ3v) is 5.99. The molecule has 9 heteroatoms. The van der Waals surface area contributed by atoms with Crippen LogP contribution in [0.1, 0.15) is 24.4 Å². The Kier molecular flexibility index (Phi) is 5.96. The third kappa shape index (κ3) is 4.36. The first kappa shape index (κ1) is 22.6. The summed E-state index contributed by atoms with van der Waals surface area (Å²) in [6.45, 7) is 1.76. The fraction of sp³-hybridized carbons (Fsp3) is 0.115. The summed E-state index contributed by atoms with van der Waals surface area (Å²) in [5.41, 5.74) is 2.96. The first-order valence-electron chi connectivity index (χ1n) is 10.8. The highest BCUT2D eigenvalue weighted by Gasteiger charge is 2.36. The molecule has 0 radical (unpaired) electrons. The number of halogens is 2. The summed E-state index contributed by atoms with van der Waals surface area (Å²) >= 11 is 6.00. The van der Waals surface area contributed by atoms with Crippen molar-refractivity contribution in [1.29, 1.82) is 0 Å². The SMILES string of the molecule is COc1cccc(C2NC(=O)N(c3cccc(F)c3)C(C)=C2c2nc(-c3ccc(Cl)cc3)no2)c1. The van der Waals surface area contributed by atoms with Gasteiger partial charge in [0.05, 0.1) is 24.4 Å². The van der Waals surface area contributed by atoms with Gasteiger partial charge in [0.15, 0.2) is 0 Å². The van der Waals surface area contributed by atoms with Crippen molar-refractivity contribution in [2.24, 2.45) is 0 Å². The minimum atomic E-state index is -0.610. The van der Waals surface area contributed by atoms with E-state index in [0.29, 0.717) is 33.6 Å². The van der Waals surface area contributed by atoms with Gasteiger partial charge in [-0.25, -0.2) is 9.18 Å². The molecule has 5 rings (SSSR count). The van der Waals surface area contributed by atoms with Crippen molar-refractivity contribution in [3.8, 4) is 17.1 Å². The maximum atomic E-state index is 14.0. The van der Waals surface area contributed by atoms with E-state index in [9.17, 15) is 9.18 Å². The lowest BCUT2D eigenvalue weighted by atomic mass is 9.94. The monoisotopic (exact) mass is 490 g/mol. The minimum Gasteiger partial charge on any atom is -0.497 e. The highest BCUT2D eigenvalue weighted by atomic mass is 35.5. The number of nitrogens with one attached hydrogen (secondary N) is 1. The zero-order valence-electron chi connectivity index (χ0n) is 18.8. The maximum Gasteiger partial charge on any atom is 0.327 e. The number of amides is 2. The van der Waals surface area contributed by atoms with Crippen LogP contribution < -0.4 is 15.0 Å². The molecule has 1 aliphatic rings. The Morgan fingerprint density at radius 3 is 2.60 bits per heavy atom. The van der Waals surface area contributed by atoms with Gasteiger partial charge in [-0.2, -0.15) is 4.98 Å². The van der Waals surface area contributed by atoms with Crippen molar-refractivity contribution in [3.05, 3.63) is 101 Å². The van der Waals surface area contributed by atoms with Gasteiger partial charge in [0.1, 0.15) is 11.6 Å². The largest absolute Gasteiger partial charge is 0.497 e. The van der Waals surface area contributed by atoms with Crippen LogP contribution in [0.4, 0.5) is 14.9 Å². The first-order chi connectivity index (χ1) is 16.9. The van der Waals surface area contributed by atoms with Crippen LogP contribution in [0.5, 0.6) is 5.75 Å². The highest BCUT2D eigenvalue weighted by molar-refractivity contribution is 6.30. The van der Waals surface area contributed by atoms with Gasteiger partial charge < -0.3 is 14.6 Å². The molecule has 7 nitrogen and oxygen atoms in total. The van der Waals surface area contributed by atoms with Gasteiger partial charge in [0.2, 0.25) is 5.82 Å². The van der Waals surface area contributed by atoms with E-state index in [1.807, 2.05) is 24.3 Å². The fourth-order valence-electron chi connectivity index (χ4n) is 4.07. The summed E-state index contributed by atoms with van der Waals surface area (Å²) in [6, 6.07) is 19.2. The van der Waals surface area contributed by atoms with E-state index in [4.69, 9.17) is 20.9 Å². The molecule has 0 spiro atoms. The molecule has 1 aromatic heterocycles. The van der Waals surface area contributed by atoms with Gasteiger partial charge in [0, 0.05) is 16.3 Å². The number of hydrogen-bond donors (Lipinski definition) is 1. The lowest BCUT2D eigenvalue weighted by Gasteiger charge is -2.35. The van der Waals surface area contributed by atoms with Crippen molar-refractivity contribution in [3.63, 3.8) is 0 Å². The zero-order valence-corrected chi connectivity index (χ0v) is 19.6. The van der Waals surface area contributed by atoms with E-state index in [0.717, 1.165) is 11.1 Å². The van der Waals surface area contributed by atoms with Gasteiger partial charge in [-0.05, 0) is 67.1 Å². The third-order valence-electron chi connectivity index (χ3n) is 5.74. The van der Waals surface area contributed by atoms with Crippen LogP contribution in [-0.4, -0.2) is 23.3 Å². The van der Waals surface area contributed by atoms with Gasteiger partial charge in [0.25, 0.3) is 5.89 Å². The topological polar surface area (TPSA) is 80.5 Å². The normalized spacial score (nSPS) is 15.8.